The second kappa shape index (κ2) is 8.15. The number of nitrogens with zero attached hydrogens (tertiary/aromatic N) is 2. The average molecular weight is 371 g/mol. The molecule has 0 amide bonds. The highest BCUT2D eigenvalue weighted by Crippen LogP contribution is 2.23. The van der Waals surface area contributed by atoms with Gasteiger partial charge in [-0.15, -0.1) is 0 Å². The van der Waals surface area contributed by atoms with E-state index in [1.165, 1.54) is 6.07 Å². The third-order valence-electron chi connectivity index (χ3n) is 3.96. The van der Waals surface area contributed by atoms with E-state index in [-0.39, 0.29) is 5.82 Å². The molecule has 0 aliphatic heterocycles. The summed E-state index contributed by atoms with van der Waals surface area (Å²) in [6.45, 7) is 4.47. The fourth-order valence-corrected chi connectivity index (χ4v) is 2.76. The van der Waals surface area contributed by atoms with Crippen LogP contribution in [-0.2, 0) is 6.42 Å². The number of hydrogen-bond donors (Lipinski definition) is 2. The molecule has 2 N–H and O–H groups in total. The molecule has 1 heterocycles. The summed E-state index contributed by atoms with van der Waals surface area (Å²) in [6.07, 6.45) is 0.575. The van der Waals surface area contributed by atoms with E-state index in [1.807, 2.05) is 44.2 Å². The number of aryl methyl sites for hydroxylation is 2. The first-order valence-electron chi connectivity index (χ1n) is 8.37. The van der Waals surface area contributed by atoms with Gasteiger partial charge in [-0.1, -0.05) is 35.9 Å². The number of anilines is 3. The standard InChI is InChI=1S/C20H20ClFN4/c1-13-7-8-16(21)12-18(13)25-20-24-14(2)11-19(26-20)23-10-9-15-5-3-4-6-17(15)22/h3-8,11-12H,9-10H2,1-2H3,(H2,23,24,25,26). The molecule has 3 aromatic rings. The molecule has 0 radical (unpaired) electrons. The molecule has 2 aromatic carbocycles. The van der Waals surface area contributed by atoms with Crippen molar-refractivity contribution < 1.29 is 4.39 Å². The summed E-state index contributed by atoms with van der Waals surface area (Å²) in [5.74, 6) is 0.992. The first-order valence-corrected chi connectivity index (χ1v) is 8.75. The lowest BCUT2D eigenvalue weighted by molar-refractivity contribution is 0.610. The Hall–Kier alpha value is -2.66. The maximum Gasteiger partial charge on any atom is 0.229 e. The van der Waals surface area contributed by atoms with Crippen molar-refractivity contribution in [1.82, 2.24) is 9.97 Å². The SMILES string of the molecule is Cc1cc(NCCc2ccccc2F)nc(Nc2cc(Cl)ccc2C)n1. The van der Waals surface area contributed by atoms with Crippen LogP contribution in [0.25, 0.3) is 0 Å². The average Bonchev–Trinajstić information content (AvgIpc) is 2.59. The third-order valence-corrected chi connectivity index (χ3v) is 4.19. The minimum Gasteiger partial charge on any atom is -0.370 e. The second-order valence-electron chi connectivity index (χ2n) is 6.07. The molecule has 0 saturated heterocycles. The molecule has 1 aromatic heterocycles. The Morgan fingerprint density at radius 1 is 1.04 bits per heavy atom. The highest BCUT2D eigenvalue weighted by Gasteiger charge is 2.06. The summed E-state index contributed by atoms with van der Waals surface area (Å²) in [6, 6.07) is 14.3. The van der Waals surface area contributed by atoms with Gasteiger partial charge in [0.2, 0.25) is 5.95 Å². The van der Waals surface area contributed by atoms with E-state index in [9.17, 15) is 4.39 Å². The van der Waals surface area contributed by atoms with Crippen molar-refractivity contribution in [2.24, 2.45) is 0 Å². The molecule has 26 heavy (non-hydrogen) atoms. The Balaban J connectivity index is 1.69. The van der Waals surface area contributed by atoms with Gasteiger partial charge in [0, 0.05) is 29.0 Å². The molecule has 6 heteroatoms. The monoisotopic (exact) mass is 370 g/mol. The lowest BCUT2D eigenvalue weighted by Gasteiger charge is -2.12. The first kappa shape index (κ1) is 18.1. The molecule has 134 valence electrons. The molecule has 0 saturated carbocycles. The van der Waals surface area contributed by atoms with Gasteiger partial charge in [0.1, 0.15) is 11.6 Å². The quantitative estimate of drug-likeness (QED) is 0.619. The lowest BCUT2D eigenvalue weighted by Crippen LogP contribution is -2.09. The van der Waals surface area contributed by atoms with Crippen molar-refractivity contribution in [1.29, 1.82) is 0 Å². The van der Waals surface area contributed by atoms with Gasteiger partial charge in [-0.3, -0.25) is 0 Å². The molecular formula is C20H20ClFN4. The third kappa shape index (κ3) is 4.70. The Kier molecular flexibility index (Phi) is 5.68. The summed E-state index contributed by atoms with van der Waals surface area (Å²) < 4.78 is 13.7. The van der Waals surface area contributed by atoms with E-state index in [4.69, 9.17) is 11.6 Å². The number of rotatable bonds is 6. The molecule has 0 atom stereocenters. The van der Waals surface area contributed by atoms with E-state index < -0.39 is 0 Å². The maximum absolute atomic E-state index is 13.7. The Labute approximate surface area is 157 Å². The van der Waals surface area contributed by atoms with Gasteiger partial charge < -0.3 is 10.6 Å². The number of halogens is 2. The van der Waals surface area contributed by atoms with Gasteiger partial charge in [0.15, 0.2) is 0 Å². The molecule has 0 aliphatic rings. The van der Waals surface area contributed by atoms with Gasteiger partial charge in [-0.05, 0) is 49.6 Å². The molecule has 3 rings (SSSR count). The predicted octanol–water partition coefficient (Wildman–Crippen LogP) is 5.28. The molecule has 0 unspecified atom stereocenters. The molecular weight excluding hydrogens is 351 g/mol. The van der Waals surface area contributed by atoms with Crippen LogP contribution in [0.2, 0.25) is 5.02 Å². The minimum absolute atomic E-state index is 0.188. The van der Waals surface area contributed by atoms with Crippen molar-refractivity contribution in [3.05, 3.63) is 76.2 Å². The van der Waals surface area contributed by atoms with Gasteiger partial charge in [-0.2, -0.15) is 4.98 Å². The Bertz CT molecular complexity index is 914. The van der Waals surface area contributed by atoms with Gasteiger partial charge >= 0.3 is 0 Å². The summed E-state index contributed by atoms with van der Waals surface area (Å²) in [5.41, 5.74) is 3.42. The number of benzene rings is 2. The molecule has 0 aliphatic carbocycles. The minimum atomic E-state index is -0.188. The fraction of sp³-hybridized carbons (Fsp3) is 0.200. The van der Waals surface area contributed by atoms with Crippen molar-refractivity contribution in [2.75, 3.05) is 17.2 Å². The zero-order chi connectivity index (χ0) is 18.5. The van der Waals surface area contributed by atoms with E-state index in [0.29, 0.717) is 35.3 Å². The smallest absolute Gasteiger partial charge is 0.229 e. The van der Waals surface area contributed by atoms with E-state index in [0.717, 1.165) is 16.9 Å². The van der Waals surface area contributed by atoms with Crippen LogP contribution in [-0.4, -0.2) is 16.5 Å². The van der Waals surface area contributed by atoms with Crippen LogP contribution in [0.4, 0.5) is 21.8 Å². The Morgan fingerprint density at radius 3 is 2.65 bits per heavy atom. The van der Waals surface area contributed by atoms with Crippen molar-refractivity contribution >= 4 is 29.1 Å². The van der Waals surface area contributed by atoms with Crippen LogP contribution in [0.3, 0.4) is 0 Å². The van der Waals surface area contributed by atoms with Crippen molar-refractivity contribution in [3.63, 3.8) is 0 Å². The molecule has 0 bridgehead atoms. The van der Waals surface area contributed by atoms with Crippen molar-refractivity contribution in [3.8, 4) is 0 Å². The van der Waals surface area contributed by atoms with Crippen LogP contribution in [0.15, 0.2) is 48.5 Å². The highest BCUT2D eigenvalue weighted by atomic mass is 35.5. The lowest BCUT2D eigenvalue weighted by atomic mass is 10.1. The summed E-state index contributed by atoms with van der Waals surface area (Å²) >= 11 is 6.06. The van der Waals surface area contributed by atoms with Gasteiger partial charge in [-0.25, -0.2) is 9.37 Å². The molecule has 0 spiro atoms. The number of hydrogen-bond acceptors (Lipinski definition) is 4. The first-order chi connectivity index (χ1) is 12.5. The van der Waals surface area contributed by atoms with Gasteiger partial charge in [0.25, 0.3) is 0 Å². The maximum atomic E-state index is 13.7. The van der Waals surface area contributed by atoms with Crippen LogP contribution in [0.1, 0.15) is 16.8 Å². The summed E-state index contributed by atoms with van der Waals surface area (Å²) in [7, 11) is 0. The summed E-state index contributed by atoms with van der Waals surface area (Å²) in [4.78, 5) is 8.90. The number of aromatic nitrogens is 2. The van der Waals surface area contributed by atoms with Crippen LogP contribution in [0.5, 0.6) is 0 Å². The van der Waals surface area contributed by atoms with Crippen molar-refractivity contribution in [2.45, 2.75) is 20.3 Å². The van der Waals surface area contributed by atoms with E-state index >= 15 is 0 Å². The fourth-order valence-electron chi connectivity index (χ4n) is 2.59. The van der Waals surface area contributed by atoms with E-state index in [1.54, 1.807) is 12.1 Å². The normalized spacial score (nSPS) is 10.6. The molecule has 4 nitrogen and oxygen atoms in total. The van der Waals surface area contributed by atoms with Crippen LogP contribution < -0.4 is 10.6 Å². The zero-order valence-electron chi connectivity index (χ0n) is 14.7. The van der Waals surface area contributed by atoms with E-state index in [2.05, 4.69) is 20.6 Å². The molecule has 0 fully saturated rings. The predicted molar refractivity (Wildman–Crippen MR) is 105 cm³/mol. The summed E-state index contributed by atoms with van der Waals surface area (Å²) in [5, 5.41) is 7.08. The zero-order valence-corrected chi connectivity index (χ0v) is 15.4. The van der Waals surface area contributed by atoms with Crippen LogP contribution in [0, 0.1) is 19.7 Å². The highest BCUT2D eigenvalue weighted by molar-refractivity contribution is 6.30. The second-order valence-corrected chi connectivity index (χ2v) is 6.51. The Morgan fingerprint density at radius 2 is 1.85 bits per heavy atom. The van der Waals surface area contributed by atoms with Crippen LogP contribution >= 0.6 is 11.6 Å². The van der Waals surface area contributed by atoms with Gasteiger partial charge in [0.05, 0.1) is 0 Å². The number of nitrogens with one attached hydrogen (secondary N) is 2. The topological polar surface area (TPSA) is 49.8 Å². The largest absolute Gasteiger partial charge is 0.370 e.